The second-order valence-electron chi connectivity index (χ2n) is 0.267. The number of halogens is 3. The summed E-state index contributed by atoms with van der Waals surface area (Å²) in [5.74, 6) is 0. The van der Waals surface area contributed by atoms with Crippen molar-refractivity contribution in [3.63, 3.8) is 0 Å². The second kappa shape index (κ2) is 39.7. The molecule has 0 atom stereocenters. The van der Waals surface area contributed by atoms with Crippen molar-refractivity contribution in [3.05, 3.63) is 0 Å². The molecule has 0 heterocycles. The van der Waals surface area contributed by atoms with E-state index >= 15 is 0 Å². The van der Waals surface area contributed by atoms with Crippen LogP contribution in [0, 0.1) is 0 Å². The summed E-state index contributed by atoms with van der Waals surface area (Å²) in [5.41, 5.74) is 0. The molecular formula is C3H11I3Si. The van der Waals surface area contributed by atoms with Crippen molar-refractivity contribution < 1.29 is 0 Å². The van der Waals surface area contributed by atoms with E-state index in [1.807, 2.05) is 9.86 Å². The predicted octanol–water partition coefficient (Wildman–Crippen LogP) is 1.85. The maximum atomic E-state index is 2.35. The van der Waals surface area contributed by atoms with Gasteiger partial charge >= 0.3 is 0 Å². The van der Waals surface area contributed by atoms with E-state index in [0.29, 0.717) is 0 Å². The van der Waals surface area contributed by atoms with Gasteiger partial charge in [-0.2, -0.15) is 0 Å². The fourth-order valence-corrected chi connectivity index (χ4v) is 0. The van der Waals surface area contributed by atoms with Crippen molar-refractivity contribution in [1.82, 2.24) is 0 Å². The Morgan fingerprint density at radius 3 is 1.14 bits per heavy atom. The van der Waals surface area contributed by atoms with E-state index in [0.717, 1.165) is 0 Å². The number of alkyl halides is 3. The molecule has 0 aromatic rings. The minimum Gasteiger partial charge on any atom is -0.0908 e. The standard InChI is InChI=1S/CH5ISi.2CH3I/c2-1-3;2*1-2/h1H2,3H3;2*1H3. The van der Waals surface area contributed by atoms with E-state index in [2.05, 4.69) is 67.8 Å². The van der Waals surface area contributed by atoms with Crippen LogP contribution in [0.25, 0.3) is 0 Å². The fourth-order valence-electron chi connectivity index (χ4n) is 0. The summed E-state index contributed by atoms with van der Waals surface area (Å²) >= 11 is 6.65. The van der Waals surface area contributed by atoms with E-state index in [1.165, 1.54) is 14.3 Å². The van der Waals surface area contributed by atoms with Crippen LogP contribution in [-0.4, -0.2) is 24.2 Å². The van der Waals surface area contributed by atoms with E-state index < -0.39 is 0 Å². The molecule has 48 valence electrons. The third-order valence-electron chi connectivity index (χ3n) is 0. The first-order valence-corrected chi connectivity index (χ1v) is 8.99. The molecule has 0 saturated carbocycles. The molecule has 0 unspecified atom stereocenters. The molecule has 0 nitrogen and oxygen atoms in total. The molecule has 7 heavy (non-hydrogen) atoms. The number of hydrogen-bond donors (Lipinski definition) is 0. The smallest absolute Gasteiger partial charge is 0.0151 e. The monoisotopic (exact) mass is 456 g/mol. The highest BCUT2D eigenvalue weighted by Gasteiger charge is 1.39. The van der Waals surface area contributed by atoms with Crippen LogP contribution in [-0.2, 0) is 0 Å². The molecule has 0 fully saturated rings. The quantitative estimate of drug-likeness (QED) is 0.297. The molecule has 0 amide bonds. The van der Waals surface area contributed by atoms with E-state index in [9.17, 15) is 0 Å². The van der Waals surface area contributed by atoms with Crippen LogP contribution >= 0.6 is 67.8 Å². The first kappa shape index (κ1) is 16.2. The zero-order valence-corrected chi connectivity index (χ0v) is 13.3. The van der Waals surface area contributed by atoms with Crippen LogP contribution in [0.3, 0.4) is 0 Å². The van der Waals surface area contributed by atoms with Gasteiger partial charge in [0.2, 0.25) is 0 Å². The molecule has 0 bridgehead atoms. The van der Waals surface area contributed by atoms with Crippen LogP contribution < -0.4 is 0 Å². The van der Waals surface area contributed by atoms with E-state index in [-0.39, 0.29) is 0 Å². The van der Waals surface area contributed by atoms with Crippen LogP contribution in [0.15, 0.2) is 0 Å². The Hall–Kier alpha value is 2.41. The van der Waals surface area contributed by atoms with Gasteiger partial charge in [0, 0.05) is 10.2 Å². The van der Waals surface area contributed by atoms with Gasteiger partial charge in [0.25, 0.3) is 0 Å². The first-order chi connectivity index (χ1) is 3.41. The molecule has 0 aliphatic carbocycles. The molecule has 0 saturated heterocycles. The molecule has 0 radical (unpaired) electrons. The lowest BCUT2D eigenvalue weighted by Crippen LogP contribution is -1.51. The molecular weight excluding hydrogens is 445 g/mol. The van der Waals surface area contributed by atoms with Crippen LogP contribution in [0.4, 0.5) is 0 Å². The SMILES string of the molecule is CI.CI.[SiH3]CI. The highest BCUT2D eigenvalue weighted by Crippen LogP contribution is 1.63. The van der Waals surface area contributed by atoms with Gasteiger partial charge in [-0.3, -0.25) is 0 Å². The Labute approximate surface area is 90.4 Å². The molecule has 0 N–H and O–H groups in total. The Morgan fingerprint density at radius 2 is 1.14 bits per heavy atom. The zero-order valence-electron chi connectivity index (χ0n) is 4.84. The Kier molecular flexibility index (Phi) is 91.9. The molecule has 0 rings (SSSR count). The lowest BCUT2D eigenvalue weighted by molar-refractivity contribution is 2.37. The highest BCUT2D eigenvalue weighted by atomic mass is 127. The normalized spacial score (nSPS) is 4.71. The summed E-state index contributed by atoms with van der Waals surface area (Å²) in [6, 6.07) is 0. The van der Waals surface area contributed by atoms with Gasteiger partial charge in [-0.15, -0.1) is 0 Å². The van der Waals surface area contributed by atoms with E-state index in [1.54, 1.807) is 0 Å². The number of hydrogen-bond acceptors (Lipinski definition) is 0. The summed E-state index contributed by atoms with van der Waals surface area (Å²) in [6.07, 6.45) is 0. The summed E-state index contributed by atoms with van der Waals surface area (Å²) in [4.78, 5) is 3.94. The zero-order chi connectivity index (χ0) is 6.71. The average Bonchev–Trinajstić information content (AvgIpc) is 1.78. The largest absolute Gasteiger partial charge is 0.0908 e. The summed E-state index contributed by atoms with van der Waals surface area (Å²) in [7, 11) is 1.36. The van der Waals surface area contributed by atoms with Gasteiger partial charge in [-0.1, -0.05) is 67.8 Å². The minimum absolute atomic E-state index is 1.36. The average molecular weight is 456 g/mol. The highest BCUT2D eigenvalue weighted by molar-refractivity contribution is 14.1. The fraction of sp³-hybridized carbons (Fsp3) is 1.00. The molecule has 0 aliphatic rings. The van der Waals surface area contributed by atoms with Gasteiger partial charge in [0.05, 0.1) is 0 Å². The van der Waals surface area contributed by atoms with Crippen molar-refractivity contribution in [3.8, 4) is 0 Å². The van der Waals surface area contributed by atoms with Crippen LogP contribution in [0.2, 0.25) is 0 Å². The van der Waals surface area contributed by atoms with Gasteiger partial charge in [0.15, 0.2) is 0 Å². The maximum Gasteiger partial charge on any atom is 0.0151 e. The second-order valence-corrected chi connectivity index (χ2v) is 5.38. The lowest BCUT2D eigenvalue weighted by Gasteiger charge is -1.44. The minimum atomic E-state index is 1.36. The maximum absolute atomic E-state index is 2.35. The molecule has 0 aliphatic heterocycles. The Bertz CT molecular complexity index is 10.1. The van der Waals surface area contributed by atoms with Crippen molar-refractivity contribution in [2.45, 2.75) is 0 Å². The van der Waals surface area contributed by atoms with Gasteiger partial charge in [-0.25, -0.2) is 0 Å². The third-order valence-corrected chi connectivity index (χ3v) is 0. The topological polar surface area (TPSA) is 0 Å². The first-order valence-electron chi connectivity index (χ1n) is 1.73. The van der Waals surface area contributed by atoms with Gasteiger partial charge in [-0.05, 0) is 13.9 Å². The van der Waals surface area contributed by atoms with Gasteiger partial charge < -0.3 is 0 Å². The molecule has 4 heteroatoms. The summed E-state index contributed by atoms with van der Waals surface area (Å²) in [6.45, 7) is 0. The molecule has 0 aromatic carbocycles. The summed E-state index contributed by atoms with van der Waals surface area (Å²) < 4.78 is 1.36. The van der Waals surface area contributed by atoms with Crippen molar-refractivity contribution >= 4 is 78.0 Å². The van der Waals surface area contributed by atoms with E-state index in [4.69, 9.17) is 0 Å². The molecule has 0 aromatic heterocycles. The van der Waals surface area contributed by atoms with Crippen molar-refractivity contribution in [2.75, 3.05) is 13.9 Å². The van der Waals surface area contributed by atoms with Gasteiger partial charge in [0.1, 0.15) is 0 Å². The van der Waals surface area contributed by atoms with Crippen molar-refractivity contribution in [1.29, 1.82) is 0 Å². The third kappa shape index (κ3) is 59.6. The molecule has 0 spiro atoms. The number of rotatable bonds is 0. The Balaban J connectivity index is -0.0000000360. The lowest BCUT2D eigenvalue weighted by atomic mass is 11.9. The Morgan fingerprint density at radius 1 is 1.14 bits per heavy atom. The van der Waals surface area contributed by atoms with Crippen LogP contribution in [0.1, 0.15) is 0 Å². The van der Waals surface area contributed by atoms with Crippen LogP contribution in [0.5, 0.6) is 0 Å². The van der Waals surface area contributed by atoms with Crippen molar-refractivity contribution in [2.24, 2.45) is 0 Å². The summed E-state index contributed by atoms with van der Waals surface area (Å²) in [5, 5.41) is 0. The predicted molar refractivity (Wildman–Crippen MR) is 68.7 cm³/mol.